The summed E-state index contributed by atoms with van der Waals surface area (Å²) in [4.78, 5) is 26.3. The molecule has 0 aromatic carbocycles. The Morgan fingerprint density at radius 1 is 1.29 bits per heavy atom. The Morgan fingerprint density at radius 2 is 1.94 bits per heavy atom. The molecule has 1 saturated heterocycles. The molecule has 96 valence electrons. The molecule has 17 heavy (non-hydrogen) atoms. The van der Waals surface area contributed by atoms with E-state index in [1.54, 1.807) is 0 Å². The van der Waals surface area contributed by atoms with Gasteiger partial charge in [0.25, 0.3) is 0 Å². The molecule has 1 aliphatic heterocycles. The molecule has 0 spiro atoms. The van der Waals surface area contributed by atoms with E-state index in [0.29, 0.717) is 12.8 Å². The number of likely N-dealkylation sites (tertiary alicyclic amines) is 1. The highest BCUT2D eigenvalue weighted by Crippen LogP contribution is 2.24. The minimum atomic E-state index is -0.299. The lowest BCUT2D eigenvalue weighted by atomic mass is 9.88. The average molecular weight is 240 g/mol. The molecular formula is C12H20N2O3. The van der Waals surface area contributed by atoms with Crippen LogP contribution in [0.25, 0.3) is 0 Å². The number of hydrogen-bond acceptors (Lipinski definition) is 3. The van der Waals surface area contributed by atoms with Crippen molar-refractivity contribution in [1.82, 2.24) is 9.80 Å². The molecule has 2 aliphatic rings. The quantitative estimate of drug-likeness (QED) is 0.703. The number of aliphatic hydroxyl groups excluding tert-OH is 1. The van der Waals surface area contributed by atoms with E-state index in [1.165, 1.54) is 11.3 Å². The van der Waals surface area contributed by atoms with Crippen LogP contribution in [-0.2, 0) is 9.59 Å². The summed E-state index contributed by atoms with van der Waals surface area (Å²) in [5.74, 6) is 0.0400. The lowest BCUT2D eigenvalue weighted by Crippen LogP contribution is -2.51. The number of nitrogens with zero attached hydrogens (tertiary/aromatic N) is 2. The number of piperidine rings is 1. The first kappa shape index (κ1) is 12.4. The molecule has 0 bridgehead atoms. The Balaban J connectivity index is 1.81. The zero-order valence-electron chi connectivity index (χ0n) is 10.0. The average Bonchev–Trinajstić information content (AvgIpc) is 2.33. The molecule has 0 radical (unpaired) electrons. The van der Waals surface area contributed by atoms with E-state index in [1.807, 2.05) is 4.90 Å². The fourth-order valence-electron chi connectivity index (χ4n) is 2.48. The second-order valence-corrected chi connectivity index (χ2v) is 5.00. The number of amides is 2. The van der Waals surface area contributed by atoms with Gasteiger partial charge in [-0.15, -0.1) is 0 Å². The van der Waals surface area contributed by atoms with Gasteiger partial charge in [-0.25, -0.2) is 0 Å². The highest BCUT2D eigenvalue weighted by Gasteiger charge is 2.33. The molecule has 5 heteroatoms. The van der Waals surface area contributed by atoms with Crippen molar-refractivity contribution in [2.45, 2.75) is 44.2 Å². The van der Waals surface area contributed by atoms with Crippen molar-refractivity contribution < 1.29 is 14.7 Å². The molecule has 1 heterocycles. The van der Waals surface area contributed by atoms with Crippen LogP contribution in [0.3, 0.4) is 0 Å². The molecule has 1 aliphatic carbocycles. The van der Waals surface area contributed by atoms with Crippen molar-refractivity contribution in [1.29, 1.82) is 0 Å². The van der Waals surface area contributed by atoms with Gasteiger partial charge in [-0.05, 0) is 32.1 Å². The van der Waals surface area contributed by atoms with E-state index in [2.05, 4.69) is 0 Å². The van der Waals surface area contributed by atoms with Gasteiger partial charge in [0.2, 0.25) is 12.3 Å². The largest absolute Gasteiger partial charge is 0.393 e. The first-order chi connectivity index (χ1) is 8.20. The summed E-state index contributed by atoms with van der Waals surface area (Å²) >= 11 is 0. The fourth-order valence-corrected chi connectivity index (χ4v) is 2.48. The summed E-state index contributed by atoms with van der Waals surface area (Å²) in [5.41, 5.74) is 0. The van der Waals surface area contributed by atoms with Crippen LogP contribution in [0.2, 0.25) is 0 Å². The second-order valence-electron chi connectivity index (χ2n) is 5.00. The van der Waals surface area contributed by atoms with E-state index in [0.717, 1.165) is 32.3 Å². The first-order valence-corrected chi connectivity index (χ1v) is 6.37. The molecule has 2 fully saturated rings. The van der Waals surface area contributed by atoms with Crippen molar-refractivity contribution >= 4 is 12.3 Å². The number of hydrogen-bond donors (Lipinski definition) is 1. The van der Waals surface area contributed by atoms with E-state index < -0.39 is 0 Å². The van der Waals surface area contributed by atoms with Gasteiger partial charge in [0.15, 0.2) is 0 Å². The van der Waals surface area contributed by atoms with Crippen molar-refractivity contribution in [3.05, 3.63) is 0 Å². The Labute approximate surface area is 101 Å². The summed E-state index contributed by atoms with van der Waals surface area (Å²) in [6, 6.07) is 0.0521. The van der Waals surface area contributed by atoms with Crippen LogP contribution in [-0.4, -0.2) is 59.0 Å². The van der Waals surface area contributed by atoms with Gasteiger partial charge in [0.05, 0.1) is 12.6 Å². The third-order valence-electron chi connectivity index (χ3n) is 3.72. The molecule has 0 atom stereocenters. The highest BCUT2D eigenvalue weighted by atomic mass is 16.3. The third-order valence-corrected chi connectivity index (χ3v) is 3.72. The van der Waals surface area contributed by atoms with Gasteiger partial charge >= 0.3 is 0 Å². The van der Waals surface area contributed by atoms with Gasteiger partial charge in [-0.2, -0.15) is 0 Å². The molecule has 1 N–H and O–H groups in total. The smallest absolute Gasteiger partial charge is 0.242 e. The lowest BCUT2D eigenvalue weighted by Gasteiger charge is -2.39. The van der Waals surface area contributed by atoms with Crippen LogP contribution < -0.4 is 0 Å². The third kappa shape index (κ3) is 2.97. The Morgan fingerprint density at radius 3 is 2.47 bits per heavy atom. The van der Waals surface area contributed by atoms with E-state index in [-0.39, 0.29) is 24.6 Å². The molecule has 0 unspecified atom stereocenters. The van der Waals surface area contributed by atoms with E-state index >= 15 is 0 Å². The molecular weight excluding hydrogens is 220 g/mol. The Kier molecular flexibility index (Phi) is 3.99. The van der Waals surface area contributed by atoms with Crippen LogP contribution in [0.15, 0.2) is 0 Å². The summed E-state index contributed by atoms with van der Waals surface area (Å²) in [5, 5.41) is 9.21. The monoisotopic (exact) mass is 240 g/mol. The SMILES string of the molecule is O=CN(CC(=O)N1CCCCC1)C1CC(O)C1. The first-order valence-electron chi connectivity index (χ1n) is 6.37. The minimum absolute atomic E-state index is 0.0400. The van der Waals surface area contributed by atoms with Gasteiger partial charge in [-0.3, -0.25) is 9.59 Å². The number of rotatable bonds is 4. The number of carbonyl (C=O) groups is 2. The molecule has 5 nitrogen and oxygen atoms in total. The zero-order valence-corrected chi connectivity index (χ0v) is 10.0. The van der Waals surface area contributed by atoms with Gasteiger partial charge in [0.1, 0.15) is 0 Å². The number of aliphatic hydroxyl groups is 1. The summed E-state index contributed by atoms with van der Waals surface area (Å²) in [7, 11) is 0. The molecule has 0 aromatic rings. The maximum Gasteiger partial charge on any atom is 0.242 e. The molecule has 0 aromatic heterocycles. The molecule has 1 saturated carbocycles. The topological polar surface area (TPSA) is 60.9 Å². The van der Waals surface area contributed by atoms with Crippen LogP contribution in [0.4, 0.5) is 0 Å². The van der Waals surface area contributed by atoms with Crippen molar-refractivity contribution in [3.8, 4) is 0 Å². The predicted octanol–water partition coefficient (Wildman–Crippen LogP) is -0.0194. The normalized spacial score (nSPS) is 28.4. The van der Waals surface area contributed by atoms with Crippen molar-refractivity contribution in [2.24, 2.45) is 0 Å². The summed E-state index contributed by atoms with van der Waals surface area (Å²) in [6.07, 6.45) is 4.96. The van der Waals surface area contributed by atoms with Crippen LogP contribution >= 0.6 is 0 Å². The standard InChI is InChI=1S/C12H20N2O3/c15-9-14(10-6-11(16)7-10)8-12(17)13-4-2-1-3-5-13/h9-11,16H,1-8H2. The van der Waals surface area contributed by atoms with Crippen molar-refractivity contribution in [3.63, 3.8) is 0 Å². The second kappa shape index (κ2) is 5.49. The van der Waals surface area contributed by atoms with E-state index in [4.69, 9.17) is 0 Å². The highest BCUT2D eigenvalue weighted by molar-refractivity contribution is 5.80. The Bertz CT molecular complexity index is 283. The van der Waals surface area contributed by atoms with Gasteiger partial charge in [0, 0.05) is 19.1 Å². The van der Waals surface area contributed by atoms with Crippen LogP contribution in [0, 0.1) is 0 Å². The van der Waals surface area contributed by atoms with E-state index in [9.17, 15) is 14.7 Å². The molecule has 2 rings (SSSR count). The zero-order chi connectivity index (χ0) is 12.3. The minimum Gasteiger partial charge on any atom is -0.393 e. The molecule has 2 amide bonds. The van der Waals surface area contributed by atoms with Crippen LogP contribution in [0.5, 0.6) is 0 Å². The lowest BCUT2D eigenvalue weighted by molar-refractivity contribution is -0.140. The van der Waals surface area contributed by atoms with Gasteiger partial charge in [-0.1, -0.05) is 0 Å². The maximum absolute atomic E-state index is 12.0. The summed E-state index contributed by atoms with van der Waals surface area (Å²) in [6.45, 7) is 1.80. The number of carbonyl (C=O) groups excluding carboxylic acids is 2. The fraction of sp³-hybridized carbons (Fsp3) is 0.833. The predicted molar refractivity (Wildman–Crippen MR) is 62.2 cm³/mol. The van der Waals surface area contributed by atoms with Crippen molar-refractivity contribution in [2.75, 3.05) is 19.6 Å². The summed E-state index contributed by atoms with van der Waals surface area (Å²) < 4.78 is 0. The van der Waals surface area contributed by atoms with Gasteiger partial charge < -0.3 is 14.9 Å². The maximum atomic E-state index is 12.0. The Hall–Kier alpha value is -1.10. The van der Waals surface area contributed by atoms with Crippen LogP contribution in [0.1, 0.15) is 32.1 Å².